The fourth-order valence-corrected chi connectivity index (χ4v) is 1.61. The first kappa shape index (κ1) is 11.1. The molecule has 3 N–H and O–H groups in total. The molecule has 1 saturated heterocycles. The standard InChI is InChI=1S/C10H8FN3O3/c11-6-4-2-1-3-5(6)7-8(15)14(9(12)16)10(17)13-7/h1-4,7H,(H2,12,16)(H,13,17). The van der Waals surface area contributed by atoms with Crippen LogP contribution in [0.4, 0.5) is 14.0 Å². The first-order chi connectivity index (χ1) is 8.02. The molecule has 7 heteroatoms. The summed E-state index contributed by atoms with van der Waals surface area (Å²) in [5.74, 6) is -1.52. The van der Waals surface area contributed by atoms with E-state index in [9.17, 15) is 18.8 Å². The van der Waals surface area contributed by atoms with Crippen LogP contribution in [0.5, 0.6) is 0 Å². The summed E-state index contributed by atoms with van der Waals surface area (Å²) in [6.45, 7) is 0. The van der Waals surface area contributed by atoms with E-state index < -0.39 is 29.8 Å². The van der Waals surface area contributed by atoms with Crippen molar-refractivity contribution in [1.29, 1.82) is 0 Å². The van der Waals surface area contributed by atoms with E-state index in [1.54, 1.807) is 0 Å². The van der Waals surface area contributed by atoms with Crippen molar-refractivity contribution in [2.45, 2.75) is 6.04 Å². The Morgan fingerprint density at radius 2 is 2.00 bits per heavy atom. The molecule has 1 atom stereocenters. The number of halogens is 1. The summed E-state index contributed by atoms with van der Waals surface area (Å²) in [5.41, 5.74) is 4.86. The van der Waals surface area contributed by atoms with Crippen LogP contribution in [0.25, 0.3) is 0 Å². The van der Waals surface area contributed by atoms with E-state index in [1.807, 2.05) is 0 Å². The van der Waals surface area contributed by atoms with E-state index in [-0.39, 0.29) is 10.5 Å². The number of benzene rings is 1. The second kappa shape index (κ2) is 3.85. The molecule has 1 unspecified atom stereocenters. The maximum absolute atomic E-state index is 13.4. The number of urea groups is 2. The van der Waals surface area contributed by atoms with Crippen LogP contribution in [-0.4, -0.2) is 22.9 Å². The van der Waals surface area contributed by atoms with Gasteiger partial charge in [-0.3, -0.25) is 4.79 Å². The molecule has 17 heavy (non-hydrogen) atoms. The van der Waals surface area contributed by atoms with Gasteiger partial charge in [-0.1, -0.05) is 18.2 Å². The number of nitrogens with one attached hydrogen (secondary N) is 1. The van der Waals surface area contributed by atoms with Gasteiger partial charge in [0.05, 0.1) is 0 Å². The number of nitrogens with two attached hydrogens (primary N) is 1. The Balaban J connectivity index is 2.38. The van der Waals surface area contributed by atoms with Crippen LogP contribution in [0.3, 0.4) is 0 Å². The average molecular weight is 237 g/mol. The number of imide groups is 3. The number of hydrogen-bond acceptors (Lipinski definition) is 3. The summed E-state index contributed by atoms with van der Waals surface area (Å²) < 4.78 is 13.4. The van der Waals surface area contributed by atoms with E-state index in [1.165, 1.54) is 18.2 Å². The second-order valence-corrected chi connectivity index (χ2v) is 3.42. The first-order valence-corrected chi connectivity index (χ1v) is 4.70. The molecule has 0 saturated carbocycles. The Kier molecular flexibility index (Phi) is 2.51. The molecule has 1 aliphatic rings. The Labute approximate surface area is 95.2 Å². The van der Waals surface area contributed by atoms with Crippen LogP contribution in [-0.2, 0) is 4.79 Å². The highest BCUT2D eigenvalue weighted by atomic mass is 19.1. The fourth-order valence-electron chi connectivity index (χ4n) is 1.61. The highest BCUT2D eigenvalue weighted by Gasteiger charge is 2.42. The molecule has 88 valence electrons. The van der Waals surface area contributed by atoms with Gasteiger partial charge in [0, 0.05) is 5.56 Å². The lowest BCUT2D eigenvalue weighted by Gasteiger charge is -2.09. The molecule has 6 nitrogen and oxygen atoms in total. The molecular formula is C10H8FN3O3. The van der Waals surface area contributed by atoms with Crippen molar-refractivity contribution in [3.8, 4) is 0 Å². The van der Waals surface area contributed by atoms with Gasteiger partial charge in [-0.25, -0.2) is 14.0 Å². The third-order valence-electron chi connectivity index (χ3n) is 2.37. The largest absolute Gasteiger partial charge is 0.351 e. The minimum absolute atomic E-state index is 0.00500. The zero-order valence-corrected chi connectivity index (χ0v) is 8.51. The minimum Gasteiger partial charge on any atom is -0.351 e. The summed E-state index contributed by atoms with van der Waals surface area (Å²) in [4.78, 5) is 34.1. The van der Waals surface area contributed by atoms with Crippen LogP contribution in [0.2, 0.25) is 0 Å². The SMILES string of the molecule is NC(=O)N1C(=O)NC(c2ccccc2F)C1=O. The van der Waals surface area contributed by atoms with Gasteiger partial charge in [0.2, 0.25) is 0 Å². The van der Waals surface area contributed by atoms with E-state index >= 15 is 0 Å². The molecule has 0 bridgehead atoms. The number of primary amides is 1. The third-order valence-corrected chi connectivity index (χ3v) is 2.37. The molecule has 1 heterocycles. The molecule has 0 aliphatic carbocycles. The number of amides is 5. The van der Waals surface area contributed by atoms with Crippen molar-refractivity contribution in [3.63, 3.8) is 0 Å². The summed E-state index contributed by atoms with van der Waals surface area (Å²) >= 11 is 0. The van der Waals surface area contributed by atoms with Gasteiger partial charge in [-0.15, -0.1) is 0 Å². The predicted molar refractivity (Wildman–Crippen MR) is 54.1 cm³/mol. The van der Waals surface area contributed by atoms with Gasteiger partial charge in [-0.05, 0) is 6.07 Å². The van der Waals surface area contributed by atoms with Crippen molar-refractivity contribution in [2.75, 3.05) is 0 Å². The van der Waals surface area contributed by atoms with Gasteiger partial charge in [0.1, 0.15) is 11.9 Å². The Morgan fingerprint density at radius 3 is 2.53 bits per heavy atom. The number of carbonyl (C=O) groups excluding carboxylic acids is 3. The molecule has 0 spiro atoms. The first-order valence-electron chi connectivity index (χ1n) is 4.70. The second-order valence-electron chi connectivity index (χ2n) is 3.42. The van der Waals surface area contributed by atoms with E-state index in [4.69, 9.17) is 5.73 Å². The highest BCUT2D eigenvalue weighted by Crippen LogP contribution is 2.23. The van der Waals surface area contributed by atoms with Crippen molar-refractivity contribution in [3.05, 3.63) is 35.6 Å². The predicted octanol–water partition coefficient (Wildman–Crippen LogP) is 0.497. The highest BCUT2D eigenvalue weighted by molar-refractivity contribution is 6.15. The molecule has 2 rings (SSSR count). The van der Waals surface area contributed by atoms with Gasteiger partial charge in [0.15, 0.2) is 0 Å². The molecule has 1 aliphatic heterocycles. The van der Waals surface area contributed by atoms with Crippen LogP contribution in [0.15, 0.2) is 24.3 Å². The van der Waals surface area contributed by atoms with Crippen molar-refractivity contribution in [1.82, 2.24) is 10.2 Å². The number of rotatable bonds is 1. The monoisotopic (exact) mass is 237 g/mol. The number of carbonyl (C=O) groups is 3. The smallest absolute Gasteiger partial charge is 0.333 e. The van der Waals surface area contributed by atoms with Gasteiger partial charge < -0.3 is 11.1 Å². The Bertz CT molecular complexity index is 517. The van der Waals surface area contributed by atoms with Crippen LogP contribution in [0, 0.1) is 5.82 Å². The van der Waals surface area contributed by atoms with Crippen molar-refractivity contribution >= 4 is 18.0 Å². The zero-order valence-electron chi connectivity index (χ0n) is 8.51. The minimum atomic E-state index is -1.21. The summed E-state index contributed by atoms with van der Waals surface area (Å²) in [5, 5.41) is 2.19. The lowest BCUT2D eigenvalue weighted by molar-refractivity contribution is -0.125. The molecule has 0 radical (unpaired) electrons. The van der Waals surface area contributed by atoms with Gasteiger partial charge in [-0.2, -0.15) is 4.90 Å². The van der Waals surface area contributed by atoms with Crippen molar-refractivity contribution < 1.29 is 18.8 Å². The molecular weight excluding hydrogens is 229 g/mol. The Hall–Kier alpha value is -2.44. The topological polar surface area (TPSA) is 92.5 Å². The third kappa shape index (κ3) is 1.71. The van der Waals surface area contributed by atoms with Gasteiger partial charge in [0.25, 0.3) is 5.91 Å². The molecule has 1 aromatic carbocycles. The lowest BCUT2D eigenvalue weighted by atomic mass is 10.1. The maximum Gasteiger partial charge on any atom is 0.333 e. The van der Waals surface area contributed by atoms with Crippen molar-refractivity contribution in [2.24, 2.45) is 5.73 Å². The Morgan fingerprint density at radius 1 is 1.35 bits per heavy atom. The van der Waals surface area contributed by atoms with E-state index in [0.717, 1.165) is 6.07 Å². The molecule has 0 aromatic heterocycles. The molecule has 1 fully saturated rings. The number of hydrogen-bond donors (Lipinski definition) is 2. The average Bonchev–Trinajstić information content (AvgIpc) is 2.55. The summed E-state index contributed by atoms with van der Waals surface area (Å²) in [6, 6.07) is 2.12. The maximum atomic E-state index is 13.4. The van der Waals surface area contributed by atoms with Gasteiger partial charge >= 0.3 is 12.1 Å². The molecule has 1 aromatic rings. The normalized spacial score (nSPS) is 19.4. The van der Waals surface area contributed by atoms with Crippen LogP contribution >= 0.6 is 0 Å². The van der Waals surface area contributed by atoms with Crippen LogP contribution < -0.4 is 11.1 Å². The molecule has 5 amide bonds. The zero-order chi connectivity index (χ0) is 12.6. The van der Waals surface area contributed by atoms with E-state index in [2.05, 4.69) is 5.32 Å². The fraction of sp³-hybridized carbons (Fsp3) is 0.100. The lowest BCUT2D eigenvalue weighted by Crippen LogP contribution is -2.40. The number of nitrogens with zero attached hydrogens (tertiary/aromatic N) is 1. The quantitative estimate of drug-likeness (QED) is 0.696. The van der Waals surface area contributed by atoms with E-state index in [0.29, 0.717) is 0 Å². The summed E-state index contributed by atoms with van der Waals surface area (Å²) in [6.07, 6.45) is 0. The summed E-state index contributed by atoms with van der Waals surface area (Å²) in [7, 11) is 0. The van der Waals surface area contributed by atoms with Crippen LogP contribution in [0.1, 0.15) is 11.6 Å².